The van der Waals surface area contributed by atoms with Crippen molar-refractivity contribution in [1.82, 2.24) is 0 Å². The average molecular weight is 436 g/mol. The van der Waals surface area contributed by atoms with Crippen LogP contribution in [0.2, 0.25) is 0 Å². The second-order valence-electron chi connectivity index (χ2n) is 4.71. The molecule has 0 radical (unpaired) electrons. The Labute approximate surface area is 165 Å². The molecule has 1 aromatic rings. The van der Waals surface area contributed by atoms with E-state index >= 15 is 0 Å². The minimum absolute atomic E-state index is 0.446. The van der Waals surface area contributed by atoms with Crippen molar-refractivity contribution in [2.75, 3.05) is 37.0 Å². The first kappa shape index (κ1) is 29.3. The fourth-order valence-electron chi connectivity index (χ4n) is 1.85. The maximum atomic E-state index is 9.88. The molecule has 0 bridgehead atoms. The monoisotopic (exact) mass is 434 g/mol. The molecule has 145 valence electrons. The molecule has 0 amide bonds. The molecule has 1 rings (SSSR count). The van der Waals surface area contributed by atoms with E-state index in [-0.39, 0.29) is 0 Å². The fourth-order valence-corrected chi connectivity index (χ4v) is 4.53. The van der Waals surface area contributed by atoms with Crippen molar-refractivity contribution < 1.29 is 19.4 Å². The van der Waals surface area contributed by atoms with E-state index in [2.05, 4.69) is 66.3 Å². The van der Waals surface area contributed by atoms with Crippen molar-refractivity contribution >= 4 is 32.3 Å². The van der Waals surface area contributed by atoms with Gasteiger partial charge in [0, 0.05) is 0 Å². The first-order valence-electron chi connectivity index (χ1n) is 8.62. The molecule has 0 aliphatic carbocycles. The van der Waals surface area contributed by atoms with Crippen molar-refractivity contribution in [1.29, 1.82) is 0 Å². The average Bonchev–Trinajstić information content (AvgIpc) is 2.68. The molecule has 0 heterocycles. The number of rotatable bonds is 7. The predicted molar refractivity (Wildman–Crippen MR) is 114 cm³/mol. The number of halogens is 1. The molecule has 0 N–H and O–H groups in total. The minimum atomic E-state index is 0.446. The van der Waals surface area contributed by atoms with Gasteiger partial charge in [-0.3, -0.25) is 0 Å². The Kier molecular flexibility index (Phi) is 31.5. The van der Waals surface area contributed by atoms with Crippen LogP contribution in [-0.2, 0) is 19.4 Å². The van der Waals surface area contributed by atoms with Crippen LogP contribution in [0.3, 0.4) is 0 Å². The fraction of sp³-hybridized carbons (Fsp3) is 0.632. The van der Waals surface area contributed by atoms with Gasteiger partial charge in [-0.1, -0.05) is 47.6 Å². The quantitative estimate of drug-likeness (QED) is 0.259. The van der Waals surface area contributed by atoms with Crippen LogP contribution in [0.5, 0.6) is 0 Å². The zero-order valence-electron chi connectivity index (χ0n) is 16.1. The summed E-state index contributed by atoms with van der Waals surface area (Å²) in [6, 6.07) is 8.90. The van der Waals surface area contributed by atoms with Gasteiger partial charge >= 0.3 is 24.8 Å². The van der Waals surface area contributed by atoms with E-state index in [0.717, 1.165) is 0 Å². The summed E-state index contributed by atoms with van der Waals surface area (Å²) in [5.41, 5.74) is 0.604. The standard InChI is InChI=1S/C7H5O.2C6H15P.ClH.Ni/c8-6-7-4-2-1-3-5-7;2*1-4-7(5-2)6-3;;/h1-5H;2*4-6H2,1-3H3;1H;/q-1;;;;+1/p-1. The summed E-state index contributed by atoms with van der Waals surface area (Å²) in [5, 5.41) is 0. The maximum absolute atomic E-state index is 9.88. The zero-order chi connectivity index (χ0) is 19.2. The van der Waals surface area contributed by atoms with Crippen molar-refractivity contribution in [2.24, 2.45) is 0 Å². The molecule has 0 atom stereocenters. The van der Waals surface area contributed by atoms with Gasteiger partial charge in [-0.25, -0.2) is 0 Å². The van der Waals surface area contributed by atoms with Crippen LogP contribution >= 0.6 is 26.0 Å². The van der Waals surface area contributed by atoms with Gasteiger partial charge in [0.25, 0.3) is 0 Å². The second-order valence-corrected chi connectivity index (χ2v) is 11.2. The molecule has 0 aliphatic rings. The Hall–Kier alpha value is 0.534. The molecule has 5 heteroatoms. The molecule has 0 saturated heterocycles. The third-order valence-electron chi connectivity index (χ3n) is 3.57. The topological polar surface area (TPSA) is 17.1 Å². The van der Waals surface area contributed by atoms with Crippen LogP contribution in [0.1, 0.15) is 47.1 Å². The normalized spacial score (nSPS) is 9.12. The Balaban J connectivity index is -0.000000263. The van der Waals surface area contributed by atoms with E-state index in [4.69, 9.17) is 0 Å². The molecule has 0 saturated carbocycles. The third kappa shape index (κ3) is 20.6. The number of carbonyl (C=O) groups excluding carboxylic acids is 1. The van der Waals surface area contributed by atoms with Crippen molar-refractivity contribution in [3.05, 3.63) is 35.9 Å². The second kappa shape index (κ2) is 25.8. The van der Waals surface area contributed by atoms with Crippen LogP contribution in [0.25, 0.3) is 0 Å². The molecule has 0 aromatic heterocycles. The molecule has 0 aliphatic heterocycles. The van der Waals surface area contributed by atoms with Gasteiger partial charge in [0.15, 0.2) is 0 Å². The van der Waals surface area contributed by atoms with E-state index in [0.29, 0.717) is 21.4 Å². The number of hydrogen-bond donors (Lipinski definition) is 0. The molecule has 1 aromatic carbocycles. The summed E-state index contributed by atoms with van der Waals surface area (Å²) in [5.74, 6) is 0. The SMILES string of the molecule is CCP(CC)CC.CCP(CC)CC.O=[C-]c1ccccc1.[Cl][Ni]. The van der Waals surface area contributed by atoms with Gasteiger partial charge in [0.2, 0.25) is 0 Å². The number of hydrogen-bond acceptors (Lipinski definition) is 1. The van der Waals surface area contributed by atoms with Gasteiger partial charge < -0.3 is 4.79 Å². The summed E-state index contributed by atoms with van der Waals surface area (Å²) < 4.78 is 0. The van der Waals surface area contributed by atoms with Crippen LogP contribution in [0.4, 0.5) is 0 Å². The Morgan fingerprint density at radius 1 is 0.750 bits per heavy atom. The first-order valence-corrected chi connectivity index (χ1v) is 13.8. The number of benzene rings is 1. The van der Waals surface area contributed by atoms with E-state index in [1.807, 2.05) is 6.07 Å². The molecule has 1 nitrogen and oxygen atoms in total. The van der Waals surface area contributed by atoms with Gasteiger partial charge in [0.1, 0.15) is 0 Å². The van der Waals surface area contributed by atoms with E-state index in [1.165, 1.54) is 37.0 Å². The van der Waals surface area contributed by atoms with E-state index in [9.17, 15) is 4.79 Å². The Morgan fingerprint density at radius 3 is 1.17 bits per heavy atom. The molecule has 0 fully saturated rings. The van der Waals surface area contributed by atoms with Crippen molar-refractivity contribution in [3.63, 3.8) is 0 Å². The predicted octanol–water partition coefficient (Wildman–Crippen LogP) is 6.89. The van der Waals surface area contributed by atoms with Gasteiger partial charge in [-0.2, -0.15) is 17.7 Å². The van der Waals surface area contributed by atoms with Crippen molar-refractivity contribution in [2.45, 2.75) is 41.5 Å². The summed E-state index contributed by atoms with van der Waals surface area (Å²) in [6.45, 7) is 13.7. The summed E-state index contributed by atoms with van der Waals surface area (Å²) in [6.07, 6.45) is 10.3. The Morgan fingerprint density at radius 2 is 1.04 bits per heavy atom. The van der Waals surface area contributed by atoms with Gasteiger partial charge in [-0.05, 0) is 37.0 Å². The van der Waals surface area contributed by atoms with Crippen LogP contribution in [-0.4, -0.2) is 43.3 Å². The van der Waals surface area contributed by atoms with Crippen LogP contribution in [0, 0.1) is 0 Å². The molecule has 0 spiro atoms. The van der Waals surface area contributed by atoms with Crippen LogP contribution in [0.15, 0.2) is 30.3 Å². The van der Waals surface area contributed by atoms with Crippen molar-refractivity contribution in [3.8, 4) is 0 Å². The summed E-state index contributed by atoms with van der Waals surface area (Å²) in [4.78, 5) is 9.88. The van der Waals surface area contributed by atoms with Gasteiger partial charge in [-0.15, -0.1) is 28.0 Å². The van der Waals surface area contributed by atoms with E-state index < -0.39 is 0 Å². The van der Waals surface area contributed by atoms with Gasteiger partial charge in [0.05, 0.1) is 6.29 Å². The summed E-state index contributed by atoms with van der Waals surface area (Å²) >= 11 is 3.35. The molecular weight excluding hydrogens is 400 g/mol. The first-order chi connectivity index (χ1) is 11.6. The third-order valence-corrected chi connectivity index (χ3v) is 8.94. The zero-order valence-corrected chi connectivity index (χ0v) is 19.7. The molecule has 0 unspecified atom stereocenters. The Bertz CT molecular complexity index is 308. The molecular formula is C19H35ClNiOP2-. The van der Waals surface area contributed by atoms with E-state index in [1.54, 1.807) is 30.6 Å². The molecule has 24 heavy (non-hydrogen) atoms. The summed E-state index contributed by atoms with van der Waals surface area (Å²) in [7, 11) is 5.16. The van der Waals surface area contributed by atoms with Crippen LogP contribution < -0.4 is 0 Å².